The highest BCUT2D eigenvalue weighted by Crippen LogP contribution is 2.53. The summed E-state index contributed by atoms with van der Waals surface area (Å²) >= 11 is 0. The molecule has 1 aliphatic rings. The van der Waals surface area contributed by atoms with Crippen molar-refractivity contribution in [3.05, 3.63) is 179 Å². The van der Waals surface area contributed by atoms with Crippen molar-refractivity contribution in [1.82, 2.24) is 0 Å². The van der Waals surface area contributed by atoms with Gasteiger partial charge in [0.15, 0.2) is 6.29 Å². The number of ether oxygens (including phenoxy) is 4. The molecule has 0 bridgehead atoms. The van der Waals surface area contributed by atoms with Gasteiger partial charge in [-0.3, -0.25) is 13.6 Å². The number of phosphoric ester groups is 1. The molecule has 0 amide bonds. The van der Waals surface area contributed by atoms with Crippen LogP contribution in [-0.2, 0) is 70.1 Å². The molecule has 0 spiro atoms. The number of hydrogen-bond acceptors (Lipinski definition) is 8. The minimum Gasteiger partial charge on any atom is -0.368 e. The van der Waals surface area contributed by atoms with Crippen LogP contribution < -0.4 is 0 Å². The van der Waals surface area contributed by atoms with Crippen molar-refractivity contribution in [3.63, 3.8) is 0 Å². The summed E-state index contributed by atoms with van der Waals surface area (Å²) in [6.07, 6.45) is -3.87. The first-order valence-corrected chi connectivity index (χ1v) is 18.3. The number of phosphoric acid groups is 1. The molecule has 1 saturated heterocycles. The highest BCUT2D eigenvalue weighted by atomic mass is 31.2. The zero-order valence-corrected chi connectivity index (χ0v) is 29.0. The van der Waals surface area contributed by atoms with Crippen LogP contribution in [0.4, 0.5) is 0 Å². The first-order valence-electron chi connectivity index (χ1n) is 16.8. The van der Waals surface area contributed by atoms with E-state index in [1.165, 1.54) is 0 Å². The molecule has 6 rings (SSSR count). The smallest absolute Gasteiger partial charge is 0.368 e. The van der Waals surface area contributed by atoms with Crippen LogP contribution in [0.5, 0.6) is 0 Å². The van der Waals surface area contributed by atoms with E-state index in [0.717, 1.165) is 27.8 Å². The minimum atomic E-state index is -4.27. The van der Waals surface area contributed by atoms with Crippen molar-refractivity contribution in [2.45, 2.75) is 70.7 Å². The number of rotatable bonds is 17. The Kier molecular flexibility index (Phi) is 13.1. The first kappa shape index (κ1) is 35.9. The molecule has 1 fully saturated rings. The fraction of sp³-hybridized carbons (Fsp3) is 0.268. The Balaban J connectivity index is 1.30. The maximum absolute atomic E-state index is 14.6. The summed E-state index contributed by atoms with van der Waals surface area (Å²) in [5.74, 6) is 0. The summed E-state index contributed by atoms with van der Waals surface area (Å²) < 4.78 is 59.1. The topological polar surface area (TPSA) is 81.7 Å². The van der Waals surface area contributed by atoms with Crippen molar-refractivity contribution in [1.29, 1.82) is 0 Å². The molecule has 1 heterocycles. The highest BCUT2D eigenvalue weighted by molar-refractivity contribution is 7.48. The Morgan fingerprint density at radius 3 is 1.16 bits per heavy atom. The van der Waals surface area contributed by atoms with E-state index in [2.05, 4.69) is 0 Å². The lowest BCUT2D eigenvalue weighted by atomic mass is 9.98. The summed E-state index contributed by atoms with van der Waals surface area (Å²) in [5, 5.41) is 0. The maximum atomic E-state index is 14.6. The Hall–Kier alpha value is -3.95. The van der Waals surface area contributed by atoms with Gasteiger partial charge >= 0.3 is 7.82 Å². The van der Waals surface area contributed by atoms with Gasteiger partial charge in [0, 0.05) is 0 Å². The summed E-state index contributed by atoms with van der Waals surface area (Å²) in [5.41, 5.74) is 4.56. The molecule has 1 aliphatic heterocycles. The predicted molar refractivity (Wildman–Crippen MR) is 191 cm³/mol. The molecule has 3 unspecified atom stereocenters. The number of hydrogen-bond donors (Lipinski definition) is 0. The third kappa shape index (κ3) is 10.5. The van der Waals surface area contributed by atoms with Crippen molar-refractivity contribution in [2.75, 3.05) is 0 Å². The van der Waals surface area contributed by atoms with E-state index in [-0.39, 0.29) is 26.4 Å². The molecular formula is C41H43O8P. The second kappa shape index (κ2) is 18.3. The van der Waals surface area contributed by atoms with E-state index in [1.807, 2.05) is 159 Å². The second-order valence-electron chi connectivity index (χ2n) is 12.1. The Labute approximate surface area is 294 Å². The lowest BCUT2D eigenvalue weighted by Crippen LogP contribution is -2.59. The Morgan fingerprint density at radius 1 is 0.460 bits per heavy atom. The summed E-state index contributed by atoms with van der Waals surface area (Å²) in [7, 11) is -4.27. The lowest BCUT2D eigenvalue weighted by Gasteiger charge is -2.45. The molecule has 0 aromatic heterocycles. The summed E-state index contributed by atoms with van der Waals surface area (Å²) in [6, 6.07) is 48.5. The van der Waals surface area contributed by atoms with Crippen LogP contribution in [-0.4, -0.2) is 30.7 Å². The van der Waals surface area contributed by atoms with Gasteiger partial charge < -0.3 is 18.9 Å². The van der Waals surface area contributed by atoms with Gasteiger partial charge in [0.25, 0.3) is 0 Å². The van der Waals surface area contributed by atoms with E-state index in [9.17, 15) is 4.57 Å². The average molecular weight is 695 g/mol. The standard InChI is InChI=1S/C41H43O8P/c1-32-38(43-27-33-17-7-2-8-18-33)39(44-28-34-19-9-3-10-20-34)40(45-29-35-21-11-4-12-22-35)41(48-32)49-50(42,46-30-36-23-13-5-14-24-36)47-31-37-25-15-6-16-26-37/h2-26,32,38-41H,27-31H2,1H3/t32?,38-,39?,40?,41+/m1/s1. The van der Waals surface area contributed by atoms with Crippen molar-refractivity contribution in [2.24, 2.45) is 0 Å². The van der Waals surface area contributed by atoms with Crippen molar-refractivity contribution >= 4 is 7.82 Å². The minimum absolute atomic E-state index is 0.00146. The molecule has 260 valence electrons. The van der Waals surface area contributed by atoms with E-state index < -0.39 is 38.5 Å². The first-order chi connectivity index (χ1) is 24.5. The Bertz CT molecular complexity index is 1680. The van der Waals surface area contributed by atoms with Gasteiger partial charge in [-0.1, -0.05) is 152 Å². The fourth-order valence-corrected chi connectivity index (χ4v) is 6.87. The van der Waals surface area contributed by atoms with Gasteiger partial charge in [-0.2, -0.15) is 0 Å². The molecular weight excluding hydrogens is 651 g/mol. The summed E-state index contributed by atoms with van der Waals surface area (Å²) in [4.78, 5) is 0. The van der Waals surface area contributed by atoms with E-state index in [1.54, 1.807) is 0 Å². The molecule has 0 N–H and O–H groups in total. The van der Waals surface area contributed by atoms with Gasteiger partial charge in [-0.25, -0.2) is 4.57 Å². The van der Waals surface area contributed by atoms with Crippen molar-refractivity contribution in [3.8, 4) is 0 Å². The fourth-order valence-electron chi connectivity index (χ4n) is 5.63. The highest BCUT2D eigenvalue weighted by Gasteiger charge is 2.50. The molecule has 8 nitrogen and oxygen atoms in total. The molecule has 50 heavy (non-hydrogen) atoms. The van der Waals surface area contributed by atoms with Gasteiger partial charge in [-0.15, -0.1) is 0 Å². The van der Waals surface area contributed by atoms with Crippen molar-refractivity contribution < 1.29 is 37.1 Å². The van der Waals surface area contributed by atoms with Gasteiger partial charge in [0.05, 0.1) is 39.1 Å². The Morgan fingerprint density at radius 2 is 0.780 bits per heavy atom. The average Bonchev–Trinajstić information content (AvgIpc) is 3.17. The molecule has 0 saturated carbocycles. The molecule has 5 aromatic carbocycles. The second-order valence-corrected chi connectivity index (χ2v) is 13.7. The van der Waals surface area contributed by atoms with Crippen LogP contribution in [0.1, 0.15) is 34.7 Å². The van der Waals surface area contributed by atoms with Gasteiger partial charge in [-0.05, 0) is 34.7 Å². The molecule has 0 radical (unpaired) electrons. The molecule has 9 heteroatoms. The van der Waals surface area contributed by atoms with Crippen LogP contribution in [0, 0.1) is 0 Å². The van der Waals surface area contributed by atoms with Crippen LogP contribution >= 0.6 is 7.82 Å². The third-order valence-electron chi connectivity index (χ3n) is 8.28. The van der Waals surface area contributed by atoms with Crippen LogP contribution in [0.2, 0.25) is 0 Å². The SMILES string of the molecule is CC1O[C@@H](OP(=O)(OCc2ccccc2)OCc2ccccc2)C(OCc2ccccc2)C(OCc2ccccc2)[C@@H]1OCc1ccccc1. The quantitative estimate of drug-likeness (QED) is 0.0893. The van der Waals surface area contributed by atoms with E-state index in [0.29, 0.717) is 6.61 Å². The van der Waals surface area contributed by atoms with Crippen LogP contribution in [0.3, 0.4) is 0 Å². The number of benzene rings is 5. The third-order valence-corrected chi connectivity index (χ3v) is 9.64. The van der Waals surface area contributed by atoms with Crippen LogP contribution in [0.15, 0.2) is 152 Å². The lowest BCUT2D eigenvalue weighted by molar-refractivity contribution is -0.304. The normalized spacial score (nSPS) is 20.8. The largest absolute Gasteiger partial charge is 0.477 e. The monoisotopic (exact) mass is 694 g/mol. The predicted octanol–water partition coefficient (Wildman–Crippen LogP) is 9.05. The summed E-state index contributed by atoms with van der Waals surface area (Å²) in [6.45, 7) is 2.73. The maximum Gasteiger partial charge on any atom is 0.477 e. The molecule has 5 aromatic rings. The van der Waals surface area contributed by atoms with Crippen LogP contribution in [0.25, 0.3) is 0 Å². The van der Waals surface area contributed by atoms with E-state index in [4.69, 9.17) is 32.5 Å². The molecule has 0 aliphatic carbocycles. The molecule has 5 atom stereocenters. The van der Waals surface area contributed by atoms with Gasteiger partial charge in [0.2, 0.25) is 0 Å². The zero-order valence-electron chi connectivity index (χ0n) is 28.1. The van der Waals surface area contributed by atoms with Gasteiger partial charge in [0.1, 0.15) is 18.3 Å². The zero-order chi connectivity index (χ0) is 34.4. The van der Waals surface area contributed by atoms with E-state index >= 15 is 0 Å².